The third-order valence-corrected chi connectivity index (χ3v) is 7.07. The number of likely N-dealkylation sites (tertiary alicyclic amines) is 1. The largest absolute Gasteiger partial charge is 0.335 e. The molecule has 0 spiro atoms. The Labute approximate surface area is 199 Å². The highest BCUT2D eigenvalue weighted by atomic mass is 32.2. The fourth-order valence-corrected chi connectivity index (χ4v) is 5.07. The average molecular weight is 481 g/mol. The maximum Gasteiger partial charge on any atom is 0.335 e. The summed E-state index contributed by atoms with van der Waals surface area (Å²) in [6, 6.07) is 19.0. The van der Waals surface area contributed by atoms with Crippen molar-refractivity contribution in [2.45, 2.75) is 37.6 Å². The van der Waals surface area contributed by atoms with Crippen molar-refractivity contribution in [3.63, 3.8) is 0 Å². The molecule has 0 bridgehead atoms. The van der Waals surface area contributed by atoms with Crippen LogP contribution < -0.4 is 10.1 Å². The molecule has 1 saturated heterocycles. The Morgan fingerprint density at radius 1 is 0.912 bits per heavy atom. The van der Waals surface area contributed by atoms with Gasteiger partial charge in [0, 0.05) is 25.7 Å². The third-order valence-electron chi connectivity index (χ3n) is 5.73. The van der Waals surface area contributed by atoms with E-state index in [1.54, 1.807) is 41.3 Å². The molecule has 0 radical (unpaired) electrons. The number of rotatable bonds is 6. The zero-order chi connectivity index (χ0) is 24.1. The first kappa shape index (κ1) is 23.7. The standard InChI is InChI=1S/C25H28N4O4S/c1-19(30)26-23-12-9-20(10-13-23)18-29(25(31)28-15-5-2-6-16-28)27-34(32,33)24-14-11-21-7-3-4-8-22(21)17-24/h3-4,7-14,17,27H,2,5-6,15-16,18H2,1H3,(H,26,30). The van der Waals surface area contributed by atoms with Crippen molar-refractivity contribution in [3.05, 3.63) is 72.3 Å². The number of nitrogens with zero attached hydrogens (tertiary/aromatic N) is 2. The maximum absolute atomic E-state index is 13.3. The number of fused-ring (bicyclic) bond motifs is 1. The molecule has 0 aliphatic carbocycles. The monoisotopic (exact) mass is 480 g/mol. The summed E-state index contributed by atoms with van der Waals surface area (Å²) in [6.45, 7) is 2.65. The summed E-state index contributed by atoms with van der Waals surface area (Å²) >= 11 is 0. The molecule has 9 heteroatoms. The lowest BCUT2D eigenvalue weighted by Crippen LogP contribution is -2.52. The average Bonchev–Trinajstić information content (AvgIpc) is 2.84. The van der Waals surface area contributed by atoms with Crippen molar-refractivity contribution in [2.24, 2.45) is 0 Å². The van der Waals surface area contributed by atoms with Crippen LogP contribution >= 0.6 is 0 Å². The molecule has 0 atom stereocenters. The zero-order valence-corrected chi connectivity index (χ0v) is 19.8. The molecule has 178 valence electrons. The van der Waals surface area contributed by atoms with E-state index in [1.165, 1.54) is 13.0 Å². The van der Waals surface area contributed by atoms with Gasteiger partial charge in [0.2, 0.25) is 5.91 Å². The van der Waals surface area contributed by atoms with E-state index in [1.807, 2.05) is 24.3 Å². The van der Waals surface area contributed by atoms with E-state index in [0.717, 1.165) is 40.6 Å². The smallest absolute Gasteiger partial charge is 0.326 e. The van der Waals surface area contributed by atoms with Crippen LogP contribution in [0.1, 0.15) is 31.7 Å². The molecular weight excluding hydrogens is 452 g/mol. The van der Waals surface area contributed by atoms with E-state index in [-0.39, 0.29) is 23.4 Å². The first-order chi connectivity index (χ1) is 16.3. The minimum atomic E-state index is -4.01. The van der Waals surface area contributed by atoms with Gasteiger partial charge in [0.1, 0.15) is 0 Å². The molecule has 3 aromatic rings. The van der Waals surface area contributed by atoms with Gasteiger partial charge in [-0.2, -0.15) is 0 Å². The number of hydrogen-bond donors (Lipinski definition) is 2. The van der Waals surface area contributed by atoms with Gasteiger partial charge in [-0.25, -0.2) is 18.2 Å². The SMILES string of the molecule is CC(=O)Nc1ccc(CN(NS(=O)(=O)c2ccc3ccccc3c2)C(=O)N2CCCCC2)cc1. The molecule has 1 aliphatic rings. The number of carbonyl (C=O) groups is 2. The Balaban J connectivity index is 1.59. The van der Waals surface area contributed by atoms with Gasteiger partial charge < -0.3 is 10.2 Å². The highest BCUT2D eigenvalue weighted by Gasteiger charge is 2.27. The fraction of sp³-hybridized carbons (Fsp3) is 0.280. The summed E-state index contributed by atoms with van der Waals surface area (Å²) in [5.74, 6) is -0.183. The van der Waals surface area contributed by atoms with Crippen LogP contribution in [0.25, 0.3) is 10.8 Å². The van der Waals surface area contributed by atoms with Gasteiger partial charge in [0.25, 0.3) is 10.0 Å². The highest BCUT2D eigenvalue weighted by Crippen LogP contribution is 2.20. The summed E-state index contributed by atoms with van der Waals surface area (Å²) < 4.78 is 26.5. The van der Waals surface area contributed by atoms with E-state index in [9.17, 15) is 18.0 Å². The van der Waals surface area contributed by atoms with Gasteiger partial charge in [0.05, 0.1) is 11.4 Å². The highest BCUT2D eigenvalue weighted by molar-refractivity contribution is 7.89. The van der Waals surface area contributed by atoms with Crippen molar-refractivity contribution < 1.29 is 18.0 Å². The molecule has 2 N–H and O–H groups in total. The van der Waals surface area contributed by atoms with Gasteiger partial charge in [-0.05, 0) is 59.9 Å². The molecule has 0 saturated carbocycles. The second-order valence-corrected chi connectivity index (χ2v) is 10.1. The lowest BCUT2D eigenvalue weighted by molar-refractivity contribution is -0.114. The van der Waals surface area contributed by atoms with Crippen molar-refractivity contribution >= 4 is 38.4 Å². The van der Waals surface area contributed by atoms with Crippen molar-refractivity contribution in [2.75, 3.05) is 18.4 Å². The number of carbonyl (C=O) groups excluding carboxylic acids is 2. The second-order valence-electron chi connectivity index (χ2n) is 8.40. The summed E-state index contributed by atoms with van der Waals surface area (Å²) in [6.07, 6.45) is 2.84. The molecule has 8 nitrogen and oxygen atoms in total. The second kappa shape index (κ2) is 10.2. The van der Waals surface area contributed by atoms with Crippen molar-refractivity contribution in [1.82, 2.24) is 14.7 Å². The number of hydrazine groups is 1. The Hall–Kier alpha value is -3.43. The minimum absolute atomic E-state index is 0.0441. The summed E-state index contributed by atoms with van der Waals surface area (Å²) in [5.41, 5.74) is 1.35. The molecule has 1 aliphatic heterocycles. The molecule has 3 aromatic carbocycles. The molecule has 3 amide bonds. The van der Waals surface area contributed by atoms with Gasteiger partial charge in [0.15, 0.2) is 0 Å². The predicted molar refractivity (Wildman–Crippen MR) is 131 cm³/mol. The van der Waals surface area contributed by atoms with Crippen LogP contribution in [0.3, 0.4) is 0 Å². The Morgan fingerprint density at radius 2 is 1.59 bits per heavy atom. The van der Waals surface area contributed by atoms with E-state index >= 15 is 0 Å². The Bertz CT molecular complexity index is 1290. The molecule has 4 rings (SSSR count). The summed E-state index contributed by atoms with van der Waals surface area (Å²) in [4.78, 5) is 28.8. The van der Waals surface area contributed by atoms with Crippen LogP contribution in [-0.2, 0) is 21.4 Å². The molecule has 0 aromatic heterocycles. The molecule has 1 heterocycles. The van der Waals surface area contributed by atoms with Crippen LogP contribution in [0.15, 0.2) is 71.6 Å². The topological polar surface area (TPSA) is 98.8 Å². The van der Waals surface area contributed by atoms with Gasteiger partial charge in [-0.15, -0.1) is 4.83 Å². The maximum atomic E-state index is 13.3. The number of hydrogen-bond acceptors (Lipinski definition) is 4. The van der Waals surface area contributed by atoms with Crippen molar-refractivity contribution in [3.8, 4) is 0 Å². The van der Waals surface area contributed by atoms with E-state index < -0.39 is 10.0 Å². The van der Waals surface area contributed by atoms with Crippen LogP contribution in [0.5, 0.6) is 0 Å². The lowest BCUT2D eigenvalue weighted by Gasteiger charge is -2.33. The van der Waals surface area contributed by atoms with Crippen LogP contribution in [-0.4, -0.2) is 43.4 Å². The van der Waals surface area contributed by atoms with Gasteiger partial charge >= 0.3 is 6.03 Å². The van der Waals surface area contributed by atoms with E-state index in [2.05, 4.69) is 10.1 Å². The van der Waals surface area contributed by atoms with Gasteiger partial charge in [-0.1, -0.05) is 42.5 Å². The minimum Gasteiger partial charge on any atom is -0.326 e. The third kappa shape index (κ3) is 5.73. The summed E-state index contributed by atoms with van der Waals surface area (Å²) in [5, 5.41) is 5.58. The quantitative estimate of drug-likeness (QED) is 0.519. The van der Waals surface area contributed by atoms with Gasteiger partial charge in [-0.3, -0.25) is 4.79 Å². The van der Waals surface area contributed by atoms with Crippen molar-refractivity contribution in [1.29, 1.82) is 0 Å². The number of sulfonamides is 1. The number of piperidine rings is 1. The van der Waals surface area contributed by atoms with Crippen LogP contribution in [0.2, 0.25) is 0 Å². The Kier molecular flexibility index (Phi) is 7.14. The molecule has 34 heavy (non-hydrogen) atoms. The summed E-state index contributed by atoms with van der Waals surface area (Å²) in [7, 11) is -4.01. The van der Waals surface area contributed by atoms with E-state index in [0.29, 0.717) is 18.8 Å². The normalized spacial score (nSPS) is 14.1. The number of nitrogens with one attached hydrogen (secondary N) is 2. The number of benzene rings is 3. The first-order valence-corrected chi connectivity index (χ1v) is 12.7. The predicted octanol–water partition coefficient (Wildman–Crippen LogP) is 4.10. The lowest BCUT2D eigenvalue weighted by atomic mass is 10.1. The molecular formula is C25H28N4O4S. The number of amides is 3. The zero-order valence-electron chi connectivity index (χ0n) is 19.0. The van der Waals surface area contributed by atoms with Crippen LogP contribution in [0, 0.1) is 0 Å². The van der Waals surface area contributed by atoms with E-state index in [4.69, 9.17) is 0 Å². The Morgan fingerprint density at radius 3 is 2.26 bits per heavy atom. The number of urea groups is 1. The fourth-order valence-electron chi connectivity index (χ4n) is 4.01. The number of anilines is 1. The van der Waals surface area contributed by atoms with Crippen LogP contribution in [0.4, 0.5) is 10.5 Å². The first-order valence-electron chi connectivity index (χ1n) is 11.3. The molecule has 0 unspecified atom stereocenters. The molecule has 1 fully saturated rings.